The predicted molar refractivity (Wildman–Crippen MR) is 201 cm³/mol. The third kappa shape index (κ3) is 11.5. The maximum absolute atomic E-state index is 6.82. The molecule has 0 amide bonds. The summed E-state index contributed by atoms with van der Waals surface area (Å²) >= 11 is 0. The van der Waals surface area contributed by atoms with Gasteiger partial charge in [0.15, 0.2) is 25.2 Å². The van der Waals surface area contributed by atoms with Crippen molar-refractivity contribution in [2.24, 2.45) is 0 Å². The smallest absolute Gasteiger partial charge is 0.187 e. The monoisotopic (exact) mass is 862 g/mol. The van der Waals surface area contributed by atoms with Crippen molar-refractivity contribution < 1.29 is 99.5 Å². The molecule has 0 aliphatic carbocycles. The van der Waals surface area contributed by atoms with Crippen LogP contribution in [0.1, 0.15) is 0 Å². The molecule has 0 spiro atoms. The lowest BCUT2D eigenvalue weighted by molar-refractivity contribution is -0.394. The average Bonchev–Trinajstić information content (AvgIpc) is 3.24. The van der Waals surface area contributed by atoms with E-state index in [4.69, 9.17) is 99.5 Å². The largest absolute Gasteiger partial charge is 0.382 e. The van der Waals surface area contributed by atoms with Crippen molar-refractivity contribution in [3.8, 4) is 0 Å². The van der Waals surface area contributed by atoms with Gasteiger partial charge in [0, 0.05) is 99.5 Å². The SMILES string of the molecule is COC[C@H]1O[C@@H](O[C@H]2[C@H](OC)[C@@H](OC)[C@H](O[C@H]3[C@H](OC)[C@@H](OC)[C@H](O[C@H]4[C@H](OC)[C@@H](OC)C(OC)O[C@@H]4COC)O[C@@H]3COC)O[C@@H]2COC)[C@H](OC)[C@@H](OC)[C@@H]1OC. The van der Waals surface area contributed by atoms with Gasteiger partial charge in [-0.25, -0.2) is 0 Å². The van der Waals surface area contributed by atoms with E-state index in [0.29, 0.717) is 0 Å². The molecule has 21 heteroatoms. The lowest BCUT2D eigenvalue weighted by Gasteiger charge is -2.51. The molecule has 4 saturated heterocycles. The molecule has 21 nitrogen and oxygen atoms in total. The first-order valence-corrected chi connectivity index (χ1v) is 19.5. The molecule has 0 radical (unpaired) electrons. The van der Waals surface area contributed by atoms with Crippen molar-refractivity contribution >= 4 is 0 Å². The zero-order chi connectivity index (χ0) is 43.2. The van der Waals surface area contributed by atoms with Crippen LogP contribution in [0.15, 0.2) is 0 Å². The number of methoxy groups -OCH3 is 14. The minimum atomic E-state index is -1.08. The summed E-state index contributed by atoms with van der Waals surface area (Å²) in [6.45, 7) is 0.510. The molecule has 1 unspecified atom stereocenters. The summed E-state index contributed by atoms with van der Waals surface area (Å²) in [6.07, 6.45) is -15.4. The van der Waals surface area contributed by atoms with Crippen LogP contribution in [0.2, 0.25) is 0 Å². The van der Waals surface area contributed by atoms with Crippen molar-refractivity contribution in [1.82, 2.24) is 0 Å². The fourth-order valence-corrected chi connectivity index (χ4v) is 8.53. The molecule has 348 valence electrons. The van der Waals surface area contributed by atoms with E-state index in [0.717, 1.165) is 0 Å². The molecule has 20 atom stereocenters. The first-order chi connectivity index (χ1) is 28.7. The Kier molecular flexibility index (Phi) is 21.9. The van der Waals surface area contributed by atoms with Gasteiger partial charge in [-0.2, -0.15) is 0 Å². The number of ether oxygens (including phenoxy) is 21. The summed E-state index contributed by atoms with van der Waals surface area (Å²) in [5.74, 6) is 0. The van der Waals surface area contributed by atoms with E-state index in [1.54, 1.807) is 78.2 Å². The van der Waals surface area contributed by atoms with Gasteiger partial charge in [-0.3, -0.25) is 0 Å². The van der Waals surface area contributed by atoms with Crippen LogP contribution in [-0.2, 0) is 99.5 Å². The van der Waals surface area contributed by atoms with Gasteiger partial charge in [0.25, 0.3) is 0 Å². The summed E-state index contributed by atoms with van der Waals surface area (Å²) in [5.41, 5.74) is 0. The predicted octanol–water partition coefficient (Wildman–Crippen LogP) is -0.591. The van der Waals surface area contributed by atoms with Crippen LogP contribution in [0.4, 0.5) is 0 Å². The van der Waals surface area contributed by atoms with E-state index in [2.05, 4.69) is 0 Å². The minimum absolute atomic E-state index is 0.0676. The summed E-state index contributed by atoms with van der Waals surface area (Å²) in [6, 6.07) is 0. The number of hydrogen-bond acceptors (Lipinski definition) is 21. The fourth-order valence-electron chi connectivity index (χ4n) is 8.53. The van der Waals surface area contributed by atoms with Gasteiger partial charge in [0.2, 0.25) is 0 Å². The van der Waals surface area contributed by atoms with Crippen LogP contribution in [-0.4, -0.2) is 249 Å². The van der Waals surface area contributed by atoms with Crippen molar-refractivity contribution in [3.63, 3.8) is 0 Å². The molecule has 0 saturated carbocycles. The maximum atomic E-state index is 6.82. The molecule has 0 bridgehead atoms. The Morgan fingerprint density at radius 3 is 0.695 bits per heavy atom. The van der Waals surface area contributed by atoms with Gasteiger partial charge in [-0.1, -0.05) is 0 Å². The second-order valence-corrected chi connectivity index (χ2v) is 14.3. The van der Waals surface area contributed by atoms with Crippen molar-refractivity contribution in [3.05, 3.63) is 0 Å². The zero-order valence-electron chi connectivity index (χ0n) is 36.9. The molecular weight excluding hydrogens is 792 g/mol. The first kappa shape index (κ1) is 50.8. The van der Waals surface area contributed by atoms with E-state index in [-0.39, 0.29) is 26.4 Å². The van der Waals surface area contributed by atoms with Gasteiger partial charge < -0.3 is 99.5 Å². The summed E-state index contributed by atoms with van der Waals surface area (Å²) in [5, 5.41) is 0. The molecule has 4 aliphatic heterocycles. The van der Waals surface area contributed by atoms with Gasteiger partial charge in [0.05, 0.1) is 26.4 Å². The van der Waals surface area contributed by atoms with Crippen LogP contribution < -0.4 is 0 Å². The van der Waals surface area contributed by atoms with Crippen LogP contribution >= 0.6 is 0 Å². The fraction of sp³-hybridized carbons (Fsp3) is 1.00. The highest BCUT2D eigenvalue weighted by molar-refractivity contribution is 5.00. The molecule has 0 aromatic carbocycles. The molecule has 4 heterocycles. The van der Waals surface area contributed by atoms with E-state index in [9.17, 15) is 0 Å². The zero-order valence-corrected chi connectivity index (χ0v) is 36.9. The third-order valence-corrected chi connectivity index (χ3v) is 11.2. The molecule has 0 aromatic heterocycles. The second kappa shape index (κ2) is 25.5. The van der Waals surface area contributed by atoms with Crippen molar-refractivity contribution in [2.75, 3.05) is 126 Å². The van der Waals surface area contributed by atoms with Crippen LogP contribution in [0.25, 0.3) is 0 Å². The highest BCUT2D eigenvalue weighted by atomic mass is 16.8. The maximum Gasteiger partial charge on any atom is 0.187 e. The Labute approximate surface area is 348 Å². The number of hydrogen-bond donors (Lipinski definition) is 0. The molecule has 4 rings (SSSR count). The number of rotatable bonds is 24. The van der Waals surface area contributed by atoms with E-state index < -0.39 is 123 Å². The Balaban J connectivity index is 1.63. The van der Waals surface area contributed by atoms with E-state index in [1.807, 2.05) is 0 Å². The summed E-state index contributed by atoms with van der Waals surface area (Å²) in [7, 11) is 21.7. The van der Waals surface area contributed by atoms with Crippen LogP contribution in [0, 0.1) is 0 Å². The molecule has 59 heavy (non-hydrogen) atoms. The molecular formula is C38H70O21. The summed E-state index contributed by atoms with van der Waals surface area (Å²) < 4.78 is 127. The van der Waals surface area contributed by atoms with E-state index in [1.165, 1.54) is 21.3 Å². The normalized spacial score (nSPS) is 43.2. The topological polar surface area (TPSA) is 194 Å². The van der Waals surface area contributed by atoms with Crippen molar-refractivity contribution in [2.45, 2.75) is 123 Å². The highest BCUT2D eigenvalue weighted by Gasteiger charge is 2.57. The van der Waals surface area contributed by atoms with Gasteiger partial charge in [-0.15, -0.1) is 0 Å². The molecule has 4 fully saturated rings. The average molecular weight is 863 g/mol. The minimum Gasteiger partial charge on any atom is -0.382 e. The molecule has 0 N–H and O–H groups in total. The Morgan fingerprint density at radius 2 is 0.458 bits per heavy atom. The van der Waals surface area contributed by atoms with Crippen LogP contribution in [0.5, 0.6) is 0 Å². The Hall–Kier alpha value is -0.840. The lowest BCUT2D eigenvalue weighted by atomic mass is 9.95. The molecule has 4 aliphatic rings. The standard InChI is InChI=1S/C38H70O21/c1-39-15-19-23(43-5)27(44-6)32(49-11)36(54-19)58-25-21(17-41-3)56-38(34(51-13)29(25)46-8)59-26-22(18-42-4)55-37(33(50-12)30(26)47-9)57-24-20(16-40-2)53-35(52-14)31(48-10)28(24)45-7/h19-38H,15-18H2,1-14H3/t19-,20-,21-,22-,23-,24-,25-,26-,27+,28+,29+,30+,31-,32-,33-,34-,35?,36+,37+,38+/m1/s1. The lowest BCUT2D eigenvalue weighted by Crippen LogP contribution is -2.68. The Bertz CT molecular complexity index is 1150. The van der Waals surface area contributed by atoms with Crippen molar-refractivity contribution in [1.29, 1.82) is 0 Å². The van der Waals surface area contributed by atoms with Gasteiger partial charge in [0.1, 0.15) is 97.7 Å². The third-order valence-electron chi connectivity index (χ3n) is 11.2. The second-order valence-electron chi connectivity index (χ2n) is 14.3. The van der Waals surface area contributed by atoms with E-state index >= 15 is 0 Å². The van der Waals surface area contributed by atoms with Gasteiger partial charge in [-0.05, 0) is 0 Å². The Morgan fingerprint density at radius 1 is 0.237 bits per heavy atom. The molecule has 0 aromatic rings. The first-order valence-electron chi connectivity index (χ1n) is 19.5. The van der Waals surface area contributed by atoms with Crippen LogP contribution in [0.3, 0.4) is 0 Å². The van der Waals surface area contributed by atoms with Gasteiger partial charge >= 0.3 is 0 Å². The quantitative estimate of drug-likeness (QED) is 0.119. The summed E-state index contributed by atoms with van der Waals surface area (Å²) in [4.78, 5) is 0. The highest BCUT2D eigenvalue weighted by Crippen LogP contribution is 2.38.